The van der Waals surface area contributed by atoms with Crippen molar-refractivity contribution in [1.29, 1.82) is 0 Å². The van der Waals surface area contributed by atoms with Crippen molar-refractivity contribution in [3.05, 3.63) is 53.3 Å². The van der Waals surface area contributed by atoms with Gasteiger partial charge in [-0.1, -0.05) is 30.3 Å². The van der Waals surface area contributed by atoms with Crippen LogP contribution in [-0.4, -0.2) is 101 Å². The number of piperazine rings is 1. The molecule has 12 heteroatoms. The van der Waals surface area contributed by atoms with Gasteiger partial charge in [-0.15, -0.1) is 0 Å². The molecular weight excluding hydrogens is 559 g/mol. The molecule has 2 aromatic rings. The zero-order valence-electron chi connectivity index (χ0n) is 22.9. The van der Waals surface area contributed by atoms with Crippen LogP contribution in [0.25, 0.3) is 11.3 Å². The number of anilines is 1. The Kier molecular flexibility index (Phi) is 6.73. The van der Waals surface area contributed by atoms with E-state index in [-0.39, 0.29) is 84.1 Å². The molecule has 4 aliphatic rings. The van der Waals surface area contributed by atoms with E-state index in [1.807, 2.05) is 18.7 Å². The molecule has 8 nitrogen and oxygen atoms in total. The predicted molar refractivity (Wildman–Crippen MR) is 148 cm³/mol. The van der Waals surface area contributed by atoms with Gasteiger partial charge >= 0.3 is 0 Å². The lowest BCUT2D eigenvalue weighted by Gasteiger charge is -2.42. The van der Waals surface area contributed by atoms with Crippen molar-refractivity contribution in [1.82, 2.24) is 19.7 Å². The third-order valence-corrected chi connectivity index (χ3v) is 8.92. The maximum atomic E-state index is 15.0. The number of fused-ring (bicyclic) bond motifs is 2. The normalized spacial score (nSPS) is 25.1. The molecule has 0 saturated carbocycles. The number of hydrogen-bond acceptors (Lipinski definition) is 6. The van der Waals surface area contributed by atoms with Crippen LogP contribution in [0.5, 0.6) is 5.75 Å². The van der Waals surface area contributed by atoms with Gasteiger partial charge in [0.05, 0.1) is 24.8 Å². The van der Waals surface area contributed by atoms with Crippen LogP contribution in [0.3, 0.4) is 0 Å². The third-order valence-electron chi connectivity index (χ3n) is 8.57. The highest BCUT2D eigenvalue weighted by Gasteiger charge is 2.52. The van der Waals surface area contributed by atoms with Crippen LogP contribution in [0.1, 0.15) is 30.6 Å². The molecular formula is C29H31ClF3N5O3. The van der Waals surface area contributed by atoms with E-state index in [0.29, 0.717) is 19.5 Å². The average Bonchev–Trinajstić information content (AvgIpc) is 3.16. The Morgan fingerprint density at radius 2 is 1.90 bits per heavy atom. The summed E-state index contributed by atoms with van der Waals surface area (Å²) in [5.41, 5.74) is -0.135. The molecule has 1 aromatic heterocycles. The summed E-state index contributed by atoms with van der Waals surface area (Å²) in [7, 11) is 0. The van der Waals surface area contributed by atoms with Gasteiger partial charge in [-0.2, -0.15) is 0 Å². The summed E-state index contributed by atoms with van der Waals surface area (Å²) in [6.45, 7) is 8.14. The number of halogens is 4. The van der Waals surface area contributed by atoms with Gasteiger partial charge in [0.25, 0.3) is 11.8 Å². The zero-order valence-corrected chi connectivity index (χ0v) is 23.6. The van der Waals surface area contributed by atoms with Crippen molar-refractivity contribution in [3.63, 3.8) is 0 Å². The summed E-state index contributed by atoms with van der Waals surface area (Å²) in [6, 6.07) is 5.45. The SMILES string of the molecule is C=CC(=O)N1CCN2C(=O)c3c(N4C[C@@H](N5CC(F)(F)C5)CC4(C)C)nc(-c4ccccc4F)c(Cl)c3OC[C@H]2C1. The zero-order chi connectivity index (χ0) is 29.3. The molecule has 1 aromatic carbocycles. The van der Waals surface area contributed by atoms with E-state index in [1.54, 1.807) is 32.9 Å². The van der Waals surface area contributed by atoms with E-state index in [9.17, 15) is 18.4 Å². The second-order valence-corrected chi connectivity index (χ2v) is 12.2. The number of aromatic nitrogens is 1. The summed E-state index contributed by atoms with van der Waals surface area (Å²) in [6.07, 6.45) is 1.81. The van der Waals surface area contributed by atoms with Gasteiger partial charge < -0.3 is 19.4 Å². The quantitative estimate of drug-likeness (QED) is 0.501. The Labute approximate surface area is 241 Å². The Morgan fingerprint density at radius 1 is 1.17 bits per heavy atom. The van der Waals surface area contributed by atoms with Crippen molar-refractivity contribution in [2.45, 2.75) is 43.8 Å². The number of carbonyl (C=O) groups is 2. The summed E-state index contributed by atoms with van der Waals surface area (Å²) >= 11 is 6.85. The van der Waals surface area contributed by atoms with E-state index in [0.717, 1.165) is 0 Å². The smallest absolute Gasteiger partial charge is 0.272 e. The molecule has 5 heterocycles. The van der Waals surface area contributed by atoms with Crippen molar-refractivity contribution >= 4 is 29.2 Å². The number of rotatable bonds is 4. The maximum absolute atomic E-state index is 15.0. The molecule has 2 atom stereocenters. The van der Waals surface area contributed by atoms with Crippen LogP contribution < -0.4 is 9.64 Å². The molecule has 0 bridgehead atoms. The largest absolute Gasteiger partial charge is 0.489 e. The summed E-state index contributed by atoms with van der Waals surface area (Å²) < 4.78 is 48.8. The Hall–Kier alpha value is -3.31. The van der Waals surface area contributed by atoms with Crippen LogP contribution in [0.4, 0.5) is 19.0 Å². The van der Waals surface area contributed by atoms with E-state index in [4.69, 9.17) is 21.3 Å². The minimum absolute atomic E-state index is 0.0111. The van der Waals surface area contributed by atoms with Gasteiger partial charge in [0, 0.05) is 43.3 Å². The molecule has 6 rings (SSSR count). The van der Waals surface area contributed by atoms with Crippen LogP contribution >= 0.6 is 11.6 Å². The molecule has 0 spiro atoms. The summed E-state index contributed by atoms with van der Waals surface area (Å²) in [4.78, 5) is 38.4. The van der Waals surface area contributed by atoms with Crippen LogP contribution in [0.15, 0.2) is 36.9 Å². The molecule has 0 unspecified atom stereocenters. The van der Waals surface area contributed by atoms with Gasteiger partial charge in [-0.3, -0.25) is 14.5 Å². The Morgan fingerprint density at radius 3 is 2.59 bits per heavy atom. The number of amides is 2. The molecule has 3 fully saturated rings. The number of carbonyl (C=O) groups excluding carboxylic acids is 2. The molecule has 4 aliphatic heterocycles. The first-order valence-corrected chi connectivity index (χ1v) is 14.0. The van der Waals surface area contributed by atoms with E-state index in [2.05, 4.69) is 6.58 Å². The van der Waals surface area contributed by atoms with Crippen molar-refractivity contribution in [2.24, 2.45) is 0 Å². The first-order chi connectivity index (χ1) is 19.4. The molecule has 218 valence electrons. The van der Waals surface area contributed by atoms with Gasteiger partial charge in [0.2, 0.25) is 5.91 Å². The summed E-state index contributed by atoms with van der Waals surface area (Å²) in [5, 5.41) is 0.0111. The standard InChI is InChI=1S/C29H31ClF3N5O3/c1-4-21(39)35-9-10-37-18(12-35)14-41-25-22(27(37)40)26(34-24(23(25)30)19-7-5-6-8-20(19)31)38-13-17(11-28(38,2)3)36-15-29(32,33)16-36/h4-8,17-18H,1,9-16H2,2-3H3/t17-,18+/m0/s1. The molecule has 2 amide bonds. The molecule has 0 N–H and O–H groups in total. The lowest BCUT2D eigenvalue weighted by Crippen LogP contribution is -2.60. The predicted octanol–water partition coefficient (Wildman–Crippen LogP) is 4.08. The number of benzene rings is 1. The van der Waals surface area contributed by atoms with Gasteiger partial charge in [-0.25, -0.2) is 18.2 Å². The lowest BCUT2D eigenvalue weighted by molar-refractivity contribution is -0.143. The van der Waals surface area contributed by atoms with Gasteiger partial charge in [0.1, 0.15) is 28.8 Å². The first kappa shape index (κ1) is 27.8. The van der Waals surface area contributed by atoms with Gasteiger partial charge in [0.15, 0.2) is 5.75 Å². The number of nitrogens with zero attached hydrogens (tertiary/aromatic N) is 5. The second kappa shape index (κ2) is 9.90. The van der Waals surface area contributed by atoms with E-state index < -0.39 is 23.3 Å². The van der Waals surface area contributed by atoms with Crippen molar-refractivity contribution < 1.29 is 27.5 Å². The van der Waals surface area contributed by atoms with Gasteiger partial charge in [-0.05, 0) is 38.5 Å². The maximum Gasteiger partial charge on any atom is 0.272 e. The van der Waals surface area contributed by atoms with E-state index in [1.165, 1.54) is 12.1 Å². The minimum Gasteiger partial charge on any atom is -0.489 e. The third kappa shape index (κ3) is 4.72. The molecule has 41 heavy (non-hydrogen) atoms. The van der Waals surface area contributed by atoms with Crippen LogP contribution in [0.2, 0.25) is 5.02 Å². The van der Waals surface area contributed by atoms with Crippen LogP contribution in [-0.2, 0) is 4.79 Å². The summed E-state index contributed by atoms with van der Waals surface area (Å²) in [5.74, 6) is -3.46. The Bertz CT molecular complexity index is 1430. The highest BCUT2D eigenvalue weighted by molar-refractivity contribution is 6.35. The number of alkyl halides is 2. The number of ether oxygens (including phenoxy) is 1. The fraction of sp³-hybridized carbons (Fsp3) is 0.483. The van der Waals surface area contributed by atoms with E-state index >= 15 is 4.39 Å². The van der Waals surface area contributed by atoms with Crippen molar-refractivity contribution in [3.8, 4) is 17.0 Å². The van der Waals surface area contributed by atoms with Crippen LogP contribution in [0, 0.1) is 5.82 Å². The highest BCUT2D eigenvalue weighted by atomic mass is 35.5. The number of hydrogen-bond donors (Lipinski definition) is 0. The molecule has 0 aliphatic carbocycles. The lowest BCUT2D eigenvalue weighted by atomic mass is 9.97. The Balaban J connectivity index is 1.46. The highest BCUT2D eigenvalue weighted by Crippen LogP contribution is 2.47. The topological polar surface area (TPSA) is 69.2 Å². The first-order valence-electron chi connectivity index (χ1n) is 13.6. The van der Waals surface area contributed by atoms with Crippen molar-refractivity contribution in [2.75, 3.05) is 50.8 Å². The number of pyridine rings is 1. The average molecular weight is 590 g/mol. The minimum atomic E-state index is -2.71. The molecule has 0 radical (unpaired) electrons. The molecule has 3 saturated heterocycles. The fourth-order valence-electron chi connectivity index (χ4n) is 6.44. The fourth-order valence-corrected chi connectivity index (χ4v) is 6.73. The monoisotopic (exact) mass is 589 g/mol. The second-order valence-electron chi connectivity index (χ2n) is 11.8. The number of likely N-dealkylation sites (tertiary alicyclic amines) is 1.